The van der Waals surface area contributed by atoms with Crippen LogP contribution in [0.4, 0.5) is 0 Å². The summed E-state index contributed by atoms with van der Waals surface area (Å²) >= 11 is 1.55. The number of allylic oxidation sites excluding steroid dienone is 1. The van der Waals surface area contributed by atoms with Crippen LogP contribution in [-0.2, 0) is 0 Å². The van der Waals surface area contributed by atoms with Crippen LogP contribution in [0.15, 0.2) is 40.3 Å². The van der Waals surface area contributed by atoms with Crippen molar-refractivity contribution in [3.05, 3.63) is 41.4 Å². The number of carbonyl (C=O) groups is 1. The summed E-state index contributed by atoms with van der Waals surface area (Å²) in [6, 6.07) is 5.52. The Kier molecular flexibility index (Phi) is 4.30. The van der Waals surface area contributed by atoms with E-state index in [1.165, 1.54) is 0 Å². The van der Waals surface area contributed by atoms with E-state index in [1.807, 2.05) is 36.6 Å². The molecule has 0 atom stereocenters. The molecule has 0 saturated heterocycles. The smallest absolute Gasteiger partial charge is 0.273 e. The van der Waals surface area contributed by atoms with Crippen molar-refractivity contribution >= 4 is 17.2 Å². The third kappa shape index (κ3) is 3.07. The molecule has 0 bridgehead atoms. The number of nitrogens with zero attached hydrogens (tertiary/aromatic N) is 1. The molecule has 0 aliphatic heterocycles. The third-order valence-electron chi connectivity index (χ3n) is 2.34. The maximum atomic E-state index is 11.7. The van der Waals surface area contributed by atoms with Gasteiger partial charge in [-0.25, -0.2) is 0 Å². The lowest BCUT2D eigenvalue weighted by Crippen LogP contribution is -2.24. The second-order valence-corrected chi connectivity index (χ2v) is 4.62. The summed E-state index contributed by atoms with van der Waals surface area (Å²) in [5, 5.41) is 8.51. The number of amides is 1. The molecule has 18 heavy (non-hydrogen) atoms. The number of hydrogen-bond donors (Lipinski definition) is 1. The van der Waals surface area contributed by atoms with E-state index in [-0.39, 0.29) is 5.91 Å². The van der Waals surface area contributed by atoms with Crippen LogP contribution in [0.25, 0.3) is 10.6 Å². The number of rotatable bonds is 5. The van der Waals surface area contributed by atoms with Crippen molar-refractivity contribution in [1.82, 2.24) is 10.5 Å². The number of thiophene rings is 1. The number of hydrogen-bond acceptors (Lipinski definition) is 4. The molecule has 2 heterocycles. The van der Waals surface area contributed by atoms with E-state index in [1.54, 1.807) is 17.4 Å². The lowest BCUT2D eigenvalue weighted by atomic mass is 10.3. The summed E-state index contributed by atoms with van der Waals surface area (Å²) in [5.41, 5.74) is 0.318. The molecule has 2 aromatic heterocycles. The predicted octanol–water partition coefficient (Wildman–Crippen LogP) is 3.10. The summed E-state index contributed by atoms with van der Waals surface area (Å²) in [4.78, 5) is 12.7. The molecular formula is C13H14N2O2S. The molecule has 0 spiro atoms. The topological polar surface area (TPSA) is 55.1 Å². The zero-order chi connectivity index (χ0) is 12.8. The average Bonchev–Trinajstić information content (AvgIpc) is 3.03. The Morgan fingerprint density at radius 1 is 1.61 bits per heavy atom. The molecule has 0 aliphatic rings. The standard InChI is InChI=1S/C13H14N2O2S/c1-2-3-4-7-14-13(16)10-9-11(17-15-10)12-6-5-8-18-12/h2-3,5-6,8-9H,4,7H2,1H3,(H,14,16)/b3-2+. The van der Waals surface area contributed by atoms with E-state index >= 15 is 0 Å². The first-order valence-corrected chi connectivity index (χ1v) is 6.59. The Balaban J connectivity index is 1.95. The van der Waals surface area contributed by atoms with Crippen molar-refractivity contribution in [3.8, 4) is 10.6 Å². The predicted molar refractivity (Wildman–Crippen MR) is 71.6 cm³/mol. The van der Waals surface area contributed by atoms with Gasteiger partial charge in [-0.3, -0.25) is 4.79 Å². The van der Waals surface area contributed by atoms with Gasteiger partial charge in [0.2, 0.25) is 0 Å². The average molecular weight is 262 g/mol. The molecule has 0 aliphatic carbocycles. The molecule has 94 valence electrons. The first kappa shape index (κ1) is 12.6. The van der Waals surface area contributed by atoms with E-state index in [4.69, 9.17) is 4.52 Å². The molecule has 5 heteroatoms. The van der Waals surface area contributed by atoms with Gasteiger partial charge >= 0.3 is 0 Å². The largest absolute Gasteiger partial charge is 0.355 e. The Morgan fingerprint density at radius 2 is 2.50 bits per heavy atom. The summed E-state index contributed by atoms with van der Waals surface area (Å²) in [6.45, 7) is 2.55. The van der Waals surface area contributed by atoms with Gasteiger partial charge in [0.15, 0.2) is 11.5 Å². The van der Waals surface area contributed by atoms with Crippen LogP contribution in [0.1, 0.15) is 23.8 Å². The second-order valence-electron chi connectivity index (χ2n) is 3.67. The first-order valence-electron chi connectivity index (χ1n) is 5.71. The zero-order valence-electron chi connectivity index (χ0n) is 10.1. The maximum Gasteiger partial charge on any atom is 0.273 e. The van der Waals surface area contributed by atoms with Crippen molar-refractivity contribution in [3.63, 3.8) is 0 Å². The molecule has 0 saturated carbocycles. The zero-order valence-corrected chi connectivity index (χ0v) is 10.9. The van der Waals surface area contributed by atoms with Gasteiger partial charge in [-0.15, -0.1) is 11.3 Å². The number of aromatic nitrogens is 1. The van der Waals surface area contributed by atoms with Crippen LogP contribution in [0.2, 0.25) is 0 Å². The Morgan fingerprint density at radius 3 is 3.22 bits per heavy atom. The van der Waals surface area contributed by atoms with Crippen LogP contribution in [0, 0.1) is 0 Å². The number of nitrogens with one attached hydrogen (secondary N) is 1. The van der Waals surface area contributed by atoms with Gasteiger partial charge < -0.3 is 9.84 Å². The van der Waals surface area contributed by atoms with Crippen LogP contribution >= 0.6 is 11.3 Å². The van der Waals surface area contributed by atoms with Crippen molar-refractivity contribution in [2.75, 3.05) is 6.54 Å². The third-order valence-corrected chi connectivity index (χ3v) is 3.22. The molecule has 0 unspecified atom stereocenters. The molecular weight excluding hydrogens is 248 g/mol. The second kappa shape index (κ2) is 6.16. The highest BCUT2D eigenvalue weighted by Crippen LogP contribution is 2.24. The van der Waals surface area contributed by atoms with Gasteiger partial charge in [0.25, 0.3) is 5.91 Å². The molecule has 0 radical (unpaired) electrons. The fourth-order valence-corrected chi connectivity index (χ4v) is 2.12. The van der Waals surface area contributed by atoms with Crippen LogP contribution in [0.3, 0.4) is 0 Å². The molecule has 0 fully saturated rings. The van der Waals surface area contributed by atoms with Gasteiger partial charge in [0.1, 0.15) is 0 Å². The van der Waals surface area contributed by atoms with Crippen LogP contribution < -0.4 is 5.32 Å². The van der Waals surface area contributed by atoms with Crippen LogP contribution in [-0.4, -0.2) is 17.6 Å². The molecule has 2 aromatic rings. The van der Waals surface area contributed by atoms with E-state index in [0.717, 1.165) is 11.3 Å². The summed E-state index contributed by atoms with van der Waals surface area (Å²) < 4.78 is 5.14. The van der Waals surface area contributed by atoms with Crippen molar-refractivity contribution in [2.24, 2.45) is 0 Å². The summed E-state index contributed by atoms with van der Waals surface area (Å²) in [7, 11) is 0. The van der Waals surface area contributed by atoms with E-state index in [2.05, 4.69) is 10.5 Å². The van der Waals surface area contributed by atoms with Gasteiger partial charge in [0.05, 0.1) is 4.88 Å². The Bertz CT molecular complexity index is 529. The lowest BCUT2D eigenvalue weighted by molar-refractivity contribution is 0.0945. The Hall–Kier alpha value is -1.88. The SMILES string of the molecule is C/C=C/CCNC(=O)c1cc(-c2cccs2)on1. The summed E-state index contributed by atoms with van der Waals surface area (Å²) in [5.74, 6) is 0.426. The molecule has 2 rings (SSSR count). The van der Waals surface area contributed by atoms with E-state index in [9.17, 15) is 4.79 Å². The maximum absolute atomic E-state index is 11.7. The van der Waals surface area contributed by atoms with Crippen molar-refractivity contribution in [1.29, 1.82) is 0 Å². The minimum absolute atomic E-state index is 0.203. The molecule has 4 nitrogen and oxygen atoms in total. The minimum Gasteiger partial charge on any atom is -0.355 e. The van der Waals surface area contributed by atoms with Gasteiger partial charge in [0, 0.05) is 12.6 Å². The van der Waals surface area contributed by atoms with E-state index < -0.39 is 0 Å². The number of carbonyl (C=O) groups excluding carboxylic acids is 1. The fraction of sp³-hybridized carbons (Fsp3) is 0.231. The van der Waals surface area contributed by atoms with Crippen molar-refractivity contribution in [2.45, 2.75) is 13.3 Å². The normalized spacial score (nSPS) is 10.9. The monoisotopic (exact) mass is 262 g/mol. The van der Waals surface area contributed by atoms with Gasteiger partial charge in [-0.05, 0) is 24.8 Å². The molecule has 1 N–H and O–H groups in total. The van der Waals surface area contributed by atoms with Crippen molar-refractivity contribution < 1.29 is 9.32 Å². The van der Waals surface area contributed by atoms with E-state index in [0.29, 0.717) is 18.0 Å². The Labute approximate surface area is 109 Å². The highest BCUT2D eigenvalue weighted by atomic mass is 32.1. The minimum atomic E-state index is -0.203. The highest BCUT2D eigenvalue weighted by molar-refractivity contribution is 7.13. The highest BCUT2D eigenvalue weighted by Gasteiger charge is 2.13. The van der Waals surface area contributed by atoms with Crippen LogP contribution in [0.5, 0.6) is 0 Å². The molecule has 0 aromatic carbocycles. The fourth-order valence-electron chi connectivity index (χ4n) is 1.44. The van der Waals surface area contributed by atoms with Gasteiger partial charge in [-0.1, -0.05) is 23.4 Å². The lowest BCUT2D eigenvalue weighted by Gasteiger charge is -1.98. The quantitative estimate of drug-likeness (QED) is 0.665. The first-order chi connectivity index (χ1) is 8.81. The van der Waals surface area contributed by atoms with Gasteiger partial charge in [-0.2, -0.15) is 0 Å². The molecule has 1 amide bonds. The summed E-state index contributed by atoms with van der Waals surface area (Å²) in [6.07, 6.45) is 4.77.